The van der Waals surface area contributed by atoms with Crippen LogP contribution in [0.1, 0.15) is 27.7 Å². The number of hydrogen-bond donors (Lipinski definition) is 1. The zero-order valence-electron chi connectivity index (χ0n) is 9.47. The zero-order valence-corrected chi connectivity index (χ0v) is 10.2. The van der Waals surface area contributed by atoms with Gasteiger partial charge < -0.3 is 4.90 Å². The lowest BCUT2D eigenvalue weighted by atomic mass is 10.1. The van der Waals surface area contributed by atoms with Crippen LogP contribution in [0.15, 0.2) is 11.0 Å². The Hall–Kier alpha value is -1.03. The van der Waals surface area contributed by atoms with Crippen LogP contribution in [-0.4, -0.2) is 22.3 Å². The van der Waals surface area contributed by atoms with E-state index in [2.05, 4.69) is 31.0 Å². The summed E-state index contributed by atoms with van der Waals surface area (Å²) < 4.78 is 0. The first-order valence-corrected chi connectivity index (χ1v) is 5.26. The van der Waals surface area contributed by atoms with E-state index in [-0.39, 0.29) is 16.1 Å². The van der Waals surface area contributed by atoms with Gasteiger partial charge in [0.05, 0.1) is 11.9 Å². The fourth-order valence-corrected chi connectivity index (χ4v) is 1.76. The van der Waals surface area contributed by atoms with E-state index in [9.17, 15) is 4.79 Å². The minimum absolute atomic E-state index is 0.0894. The third-order valence-electron chi connectivity index (χ3n) is 2.19. The Labute approximate surface area is 94.3 Å². The van der Waals surface area contributed by atoms with Crippen molar-refractivity contribution in [1.29, 1.82) is 0 Å². The summed E-state index contributed by atoms with van der Waals surface area (Å²) in [5, 5.41) is 6.27. The summed E-state index contributed by atoms with van der Waals surface area (Å²) in [5.41, 5.74) is 0.237. The van der Waals surface area contributed by atoms with E-state index in [0.717, 1.165) is 6.54 Å². The molecular weight excluding hydrogens is 214 g/mol. The predicted octanol–water partition coefficient (Wildman–Crippen LogP) is 2.05. The molecule has 0 bridgehead atoms. The largest absolute Gasteiger partial charge is 0.364 e. The van der Waals surface area contributed by atoms with Crippen molar-refractivity contribution in [2.24, 2.45) is 0 Å². The fraction of sp³-hybridized carbons (Fsp3) is 0.600. The average molecular weight is 230 g/mol. The van der Waals surface area contributed by atoms with Gasteiger partial charge in [0.2, 0.25) is 0 Å². The molecule has 0 spiro atoms. The Kier molecular flexibility index (Phi) is 3.39. The summed E-state index contributed by atoms with van der Waals surface area (Å²) in [4.78, 5) is 13.3. The molecule has 0 aliphatic rings. The molecule has 1 N–H and O–H groups in total. The van der Waals surface area contributed by atoms with Crippen molar-refractivity contribution in [2.75, 3.05) is 11.4 Å². The lowest BCUT2D eigenvalue weighted by Crippen LogP contribution is -2.42. The van der Waals surface area contributed by atoms with Gasteiger partial charge >= 0.3 is 0 Å². The first-order chi connectivity index (χ1) is 6.88. The Balaban J connectivity index is 3.25. The summed E-state index contributed by atoms with van der Waals surface area (Å²) in [6, 6.07) is 0. The number of anilines is 1. The van der Waals surface area contributed by atoms with Crippen molar-refractivity contribution in [1.82, 2.24) is 10.2 Å². The molecule has 0 saturated heterocycles. The Morgan fingerprint density at radius 3 is 2.60 bits per heavy atom. The quantitative estimate of drug-likeness (QED) is 0.845. The molecule has 1 aromatic heterocycles. The standard InChI is InChI=1S/C10H16ClN3O/c1-5-14(10(2,3)4)7-6-12-13-9(15)8(7)11/h6H,5H2,1-4H3,(H,13,15). The molecule has 0 aliphatic carbocycles. The number of H-pyrrole nitrogens is 1. The van der Waals surface area contributed by atoms with Crippen molar-refractivity contribution in [3.8, 4) is 0 Å². The highest BCUT2D eigenvalue weighted by atomic mass is 35.5. The number of hydrogen-bond acceptors (Lipinski definition) is 3. The monoisotopic (exact) mass is 229 g/mol. The van der Waals surface area contributed by atoms with Crippen LogP contribution < -0.4 is 10.5 Å². The van der Waals surface area contributed by atoms with E-state index < -0.39 is 0 Å². The van der Waals surface area contributed by atoms with Crippen LogP contribution in [0, 0.1) is 0 Å². The number of nitrogens with one attached hydrogen (secondary N) is 1. The van der Waals surface area contributed by atoms with Gasteiger partial charge in [0.1, 0.15) is 5.02 Å². The summed E-state index contributed by atoms with van der Waals surface area (Å²) in [6.07, 6.45) is 1.58. The minimum Gasteiger partial charge on any atom is -0.364 e. The average Bonchev–Trinajstić information content (AvgIpc) is 2.11. The molecule has 0 saturated carbocycles. The Morgan fingerprint density at radius 1 is 1.53 bits per heavy atom. The second-order valence-electron chi connectivity index (χ2n) is 4.31. The maximum atomic E-state index is 11.3. The van der Waals surface area contributed by atoms with E-state index >= 15 is 0 Å². The third-order valence-corrected chi connectivity index (χ3v) is 2.56. The van der Waals surface area contributed by atoms with Gasteiger partial charge in [-0.05, 0) is 27.7 Å². The van der Waals surface area contributed by atoms with E-state index in [1.807, 2.05) is 11.8 Å². The zero-order chi connectivity index (χ0) is 11.6. The first-order valence-electron chi connectivity index (χ1n) is 4.88. The molecule has 1 rings (SSSR count). The van der Waals surface area contributed by atoms with Gasteiger partial charge in [-0.25, -0.2) is 5.10 Å². The fourth-order valence-electron chi connectivity index (χ4n) is 1.57. The van der Waals surface area contributed by atoms with Gasteiger partial charge in [-0.2, -0.15) is 5.10 Å². The minimum atomic E-state index is -0.350. The van der Waals surface area contributed by atoms with Crippen molar-refractivity contribution < 1.29 is 0 Å². The lowest BCUT2D eigenvalue weighted by molar-refractivity contribution is 0.512. The molecule has 0 fully saturated rings. The van der Waals surface area contributed by atoms with Crippen molar-refractivity contribution >= 4 is 17.3 Å². The lowest BCUT2D eigenvalue weighted by Gasteiger charge is -2.36. The highest BCUT2D eigenvalue weighted by Gasteiger charge is 2.23. The second kappa shape index (κ2) is 4.23. The molecular formula is C10H16ClN3O. The smallest absolute Gasteiger partial charge is 0.285 e. The van der Waals surface area contributed by atoms with Crippen LogP contribution in [0.5, 0.6) is 0 Å². The van der Waals surface area contributed by atoms with Crippen molar-refractivity contribution in [2.45, 2.75) is 33.2 Å². The van der Waals surface area contributed by atoms with Gasteiger partial charge in [-0.1, -0.05) is 11.6 Å². The molecule has 0 aromatic carbocycles. The van der Waals surface area contributed by atoms with Gasteiger partial charge in [0, 0.05) is 12.1 Å². The van der Waals surface area contributed by atoms with Crippen LogP contribution in [0.3, 0.4) is 0 Å². The molecule has 0 radical (unpaired) electrons. The van der Waals surface area contributed by atoms with Crippen LogP contribution in [0.25, 0.3) is 0 Å². The predicted molar refractivity (Wildman–Crippen MR) is 62.6 cm³/mol. The Bertz CT molecular complexity index is 394. The molecule has 4 nitrogen and oxygen atoms in total. The third kappa shape index (κ3) is 2.50. The number of rotatable bonds is 2. The molecule has 5 heteroatoms. The van der Waals surface area contributed by atoms with Gasteiger partial charge in [-0.15, -0.1) is 0 Å². The molecule has 0 unspecified atom stereocenters. The van der Waals surface area contributed by atoms with Crippen molar-refractivity contribution in [3.05, 3.63) is 21.6 Å². The summed E-state index contributed by atoms with van der Waals surface area (Å²) in [6.45, 7) is 8.98. The van der Waals surface area contributed by atoms with E-state index in [1.165, 1.54) is 0 Å². The maximum Gasteiger partial charge on any atom is 0.285 e. The van der Waals surface area contributed by atoms with E-state index in [4.69, 9.17) is 11.6 Å². The van der Waals surface area contributed by atoms with Gasteiger partial charge in [-0.3, -0.25) is 4.79 Å². The highest BCUT2D eigenvalue weighted by Crippen LogP contribution is 2.26. The molecule has 0 amide bonds. The Morgan fingerprint density at radius 2 is 2.13 bits per heavy atom. The van der Waals surface area contributed by atoms with Crippen LogP contribution in [-0.2, 0) is 0 Å². The molecule has 1 aromatic rings. The summed E-state index contributed by atoms with van der Waals surface area (Å²) in [5.74, 6) is 0. The molecule has 0 atom stereocenters. The van der Waals surface area contributed by atoms with E-state index in [0.29, 0.717) is 5.69 Å². The van der Waals surface area contributed by atoms with E-state index in [1.54, 1.807) is 6.20 Å². The van der Waals surface area contributed by atoms with Gasteiger partial charge in [0.15, 0.2) is 0 Å². The topological polar surface area (TPSA) is 49.0 Å². The second-order valence-corrected chi connectivity index (χ2v) is 4.69. The first kappa shape index (κ1) is 12.0. The van der Waals surface area contributed by atoms with Crippen LogP contribution in [0.4, 0.5) is 5.69 Å². The highest BCUT2D eigenvalue weighted by molar-refractivity contribution is 6.33. The number of aromatic nitrogens is 2. The van der Waals surface area contributed by atoms with Crippen LogP contribution in [0.2, 0.25) is 5.02 Å². The summed E-state index contributed by atoms with van der Waals surface area (Å²) in [7, 11) is 0. The SMILES string of the molecule is CCN(c1cn[nH]c(=O)c1Cl)C(C)(C)C. The molecule has 1 heterocycles. The molecule has 84 valence electrons. The molecule has 0 aliphatic heterocycles. The summed E-state index contributed by atoms with van der Waals surface area (Å²) >= 11 is 5.95. The maximum absolute atomic E-state index is 11.3. The number of nitrogens with zero attached hydrogens (tertiary/aromatic N) is 2. The number of halogens is 1. The van der Waals surface area contributed by atoms with Crippen LogP contribution >= 0.6 is 11.6 Å². The van der Waals surface area contributed by atoms with Crippen molar-refractivity contribution in [3.63, 3.8) is 0 Å². The number of aromatic amines is 1. The normalized spacial score (nSPS) is 11.5. The van der Waals surface area contributed by atoms with Gasteiger partial charge in [0.25, 0.3) is 5.56 Å². The molecule has 15 heavy (non-hydrogen) atoms.